The summed E-state index contributed by atoms with van der Waals surface area (Å²) in [4.78, 5) is 23.9. The summed E-state index contributed by atoms with van der Waals surface area (Å²) >= 11 is 0. The maximum absolute atomic E-state index is 13.2. The van der Waals surface area contributed by atoms with Crippen molar-refractivity contribution in [1.29, 1.82) is 0 Å². The molecule has 0 aliphatic carbocycles. The molecule has 1 aliphatic rings. The molecule has 0 saturated carbocycles. The average molecular weight is 490 g/mol. The van der Waals surface area contributed by atoms with Gasteiger partial charge in [-0.05, 0) is 55.4 Å². The van der Waals surface area contributed by atoms with Crippen LogP contribution in [0, 0.1) is 5.82 Å². The fraction of sp³-hybridized carbons (Fsp3) is 0.296. The number of anilines is 2. The molecule has 9 heteroatoms. The number of Topliss-reactive ketones (excluding diaryl/α,β-unsaturated/α-hetero) is 1. The van der Waals surface area contributed by atoms with E-state index in [-0.39, 0.29) is 11.6 Å². The minimum atomic E-state index is -0.290. The summed E-state index contributed by atoms with van der Waals surface area (Å²) in [6.45, 7) is 4.23. The van der Waals surface area contributed by atoms with E-state index in [0.717, 1.165) is 56.0 Å². The summed E-state index contributed by atoms with van der Waals surface area (Å²) < 4.78 is 26.5. The van der Waals surface area contributed by atoms with Gasteiger partial charge in [0.15, 0.2) is 5.78 Å². The van der Waals surface area contributed by atoms with Crippen LogP contribution >= 0.6 is 0 Å². The van der Waals surface area contributed by atoms with Gasteiger partial charge in [-0.3, -0.25) is 14.7 Å². The molecular formula is C27H28FN5O3. The van der Waals surface area contributed by atoms with Crippen LogP contribution in [0.4, 0.5) is 16.0 Å². The summed E-state index contributed by atoms with van der Waals surface area (Å²) in [5.41, 5.74) is 2.80. The molecule has 5 rings (SSSR count). The minimum absolute atomic E-state index is 0.00500. The van der Waals surface area contributed by atoms with Crippen molar-refractivity contribution in [3.63, 3.8) is 0 Å². The lowest BCUT2D eigenvalue weighted by Crippen LogP contribution is -2.36. The summed E-state index contributed by atoms with van der Waals surface area (Å²) in [6.07, 6.45) is 2.82. The number of hydrogen-bond donors (Lipinski definition) is 1. The first-order chi connectivity index (χ1) is 17.5. The van der Waals surface area contributed by atoms with Crippen molar-refractivity contribution >= 4 is 28.5 Å². The van der Waals surface area contributed by atoms with E-state index < -0.39 is 0 Å². The number of benzene rings is 2. The quantitative estimate of drug-likeness (QED) is 0.334. The van der Waals surface area contributed by atoms with Gasteiger partial charge in [0.1, 0.15) is 23.0 Å². The summed E-state index contributed by atoms with van der Waals surface area (Å²) in [6, 6.07) is 15.2. The lowest BCUT2D eigenvalue weighted by molar-refractivity contribution is 0.0371. The maximum atomic E-state index is 13.2. The van der Waals surface area contributed by atoms with Gasteiger partial charge in [0, 0.05) is 50.6 Å². The highest BCUT2D eigenvalue weighted by molar-refractivity contribution is 5.94. The second kappa shape index (κ2) is 10.8. The summed E-state index contributed by atoms with van der Waals surface area (Å²) in [7, 11) is 1.90. The first kappa shape index (κ1) is 23.9. The molecule has 0 amide bonds. The van der Waals surface area contributed by atoms with E-state index in [1.807, 2.05) is 29.8 Å². The molecule has 1 N–H and O–H groups in total. The monoisotopic (exact) mass is 489 g/mol. The van der Waals surface area contributed by atoms with Gasteiger partial charge in [-0.25, -0.2) is 9.37 Å². The van der Waals surface area contributed by atoms with Crippen LogP contribution in [0.2, 0.25) is 0 Å². The summed E-state index contributed by atoms with van der Waals surface area (Å²) in [5.74, 6) is 1.49. The lowest BCUT2D eigenvalue weighted by Gasteiger charge is -2.26. The number of ketones is 1. The van der Waals surface area contributed by atoms with Crippen molar-refractivity contribution in [3.05, 3.63) is 72.3 Å². The zero-order chi connectivity index (χ0) is 24.9. The zero-order valence-electron chi connectivity index (χ0n) is 20.1. The van der Waals surface area contributed by atoms with E-state index in [1.165, 1.54) is 12.1 Å². The number of rotatable bonds is 9. The van der Waals surface area contributed by atoms with Crippen molar-refractivity contribution in [1.82, 2.24) is 19.4 Å². The van der Waals surface area contributed by atoms with Crippen LogP contribution in [0.3, 0.4) is 0 Å². The van der Waals surface area contributed by atoms with Crippen LogP contribution < -0.4 is 10.1 Å². The molecule has 2 aromatic heterocycles. The Balaban J connectivity index is 1.24. The van der Waals surface area contributed by atoms with Gasteiger partial charge in [-0.1, -0.05) is 0 Å². The molecule has 1 fully saturated rings. The first-order valence-electron chi connectivity index (χ1n) is 12.0. The molecule has 1 saturated heterocycles. The van der Waals surface area contributed by atoms with Crippen LogP contribution in [0.15, 0.2) is 60.8 Å². The molecule has 0 unspecified atom stereocenters. The van der Waals surface area contributed by atoms with Crippen molar-refractivity contribution < 1.29 is 18.7 Å². The number of halogens is 1. The third kappa shape index (κ3) is 5.69. The van der Waals surface area contributed by atoms with Crippen molar-refractivity contribution in [2.45, 2.75) is 12.8 Å². The lowest BCUT2D eigenvalue weighted by atomic mass is 10.1. The first-order valence-corrected chi connectivity index (χ1v) is 12.0. The normalized spacial score (nSPS) is 14.2. The predicted molar refractivity (Wildman–Crippen MR) is 136 cm³/mol. The van der Waals surface area contributed by atoms with Gasteiger partial charge in [0.05, 0.1) is 24.2 Å². The Morgan fingerprint density at radius 2 is 1.86 bits per heavy atom. The number of aromatic nitrogens is 3. The number of hydrogen-bond acceptors (Lipinski definition) is 7. The standard InChI is InChI=1S/C27H28FN5O3/c1-32-25-9-8-21(17-23(25)31-27(32)30-20-6-4-19(28)5-7-20)36-22-10-11-29-24(18-22)26(34)3-2-12-33-13-15-35-16-14-33/h4-11,17-18H,2-3,12-16H2,1H3,(H,30,31). The van der Waals surface area contributed by atoms with E-state index in [2.05, 4.69) is 20.2 Å². The van der Waals surface area contributed by atoms with E-state index >= 15 is 0 Å². The number of pyridine rings is 1. The molecule has 0 bridgehead atoms. The number of morpholine rings is 1. The maximum Gasteiger partial charge on any atom is 0.208 e. The highest BCUT2D eigenvalue weighted by atomic mass is 19.1. The van der Waals surface area contributed by atoms with E-state index in [9.17, 15) is 9.18 Å². The Bertz CT molecular complexity index is 1350. The fourth-order valence-electron chi connectivity index (χ4n) is 4.20. The molecule has 0 radical (unpaired) electrons. The van der Waals surface area contributed by atoms with Crippen LogP contribution in [0.1, 0.15) is 23.3 Å². The van der Waals surface area contributed by atoms with Crippen LogP contribution in [0.5, 0.6) is 11.5 Å². The molecule has 186 valence electrons. The zero-order valence-corrected chi connectivity index (χ0v) is 20.1. The number of imidazole rings is 1. The number of carbonyl (C=O) groups excluding carboxylic acids is 1. The Hall–Kier alpha value is -3.82. The van der Waals surface area contributed by atoms with Crippen molar-refractivity contribution in [3.8, 4) is 11.5 Å². The predicted octanol–water partition coefficient (Wildman–Crippen LogP) is 4.94. The number of fused-ring (bicyclic) bond motifs is 1. The Labute approximate surface area is 208 Å². The number of aryl methyl sites for hydroxylation is 1. The van der Waals surface area contributed by atoms with Crippen LogP contribution in [-0.2, 0) is 11.8 Å². The number of ether oxygens (including phenoxy) is 2. The minimum Gasteiger partial charge on any atom is -0.457 e. The number of nitrogens with zero attached hydrogens (tertiary/aromatic N) is 4. The number of nitrogens with one attached hydrogen (secondary N) is 1. The van der Waals surface area contributed by atoms with Gasteiger partial charge in [0.2, 0.25) is 5.95 Å². The molecule has 0 atom stereocenters. The Morgan fingerprint density at radius 1 is 1.08 bits per heavy atom. The van der Waals surface area contributed by atoms with E-state index in [4.69, 9.17) is 9.47 Å². The molecule has 1 aliphatic heterocycles. The molecule has 8 nitrogen and oxygen atoms in total. The Kier molecular flexibility index (Phi) is 7.20. The smallest absolute Gasteiger partial charge is 0.208 e. The number of carbonyl (C=O) groups is 1. The van der Waals surface area contributed by atoms with Crippen LogP contribution in [0.25, 0.3) is 11.0 Å². The molecule has 3 heterocycles. The van der Waals surface area contributed by atoms with Gasteiger partial charge < -0.3 is 19.4 Å². The molecule has 4 aromatic rings. The molecule has 0 spiro atoms. The van der Waals surface area contributed by atoms with Gasteiger partial charge >= 0.3 is 0 Å². The molecule has 2 aromatic carbocycles. The topological polar surface area (TPSA) is 81.5 Å². The van der Waals surface area contributed by atoms with Gasteiger partial charge in [-0.2, -0.15) is 0 Å². The van der Waals surface area contributed by atoms with E-state index in [0.29, 0.717) is 29.6 Å². The van der Waals surface area contributed by atoms with Gasteiger partial charge in [-0.15, -0.1) is 0 Å². The van der Waals surface area contributed by atoms with Gasteiger partial charge in [0.25, 0.3) is 0 Å². The second-order valence-corrected chi connectivity index (χ2v) is 8.74. The SMILES string of the molecule is Cn1c(Nc2ccc(F)cc2)nc2cc(Oc3ccnc(C(=O)CCCN4CCOCC4)c3)ccc21. The van der Waals surface area contributed by atoms with Crippen LogP contribution in [-0.4, -0.2) is 58.1 Å². The molecular weight excluding hydrogens is 461 g/mol. The summed E-state index contributed by atoms with van der Waals surface area (Å²) in [5, 5.41) is 3.20. The highest BCUT2D eigenvalue weighted by Gasteiger charge is 2.14. The largest absolute Gasteiger partial charge is 0.457 e. The second-order valence-electron chi connectivity index (χ2n) is 8.74. The average Bonchev–Trinajstić information content (AvgIpc) is 3.20. The fourth-order valence-corrected chi connectivity index (χ4v) is 4.20. The third-order valence-corrected chi connectivity index (χ3v) is 6.19. The van der Waals surface area contributed by atoms with E-state index in [1.54, 1.807) is 30.5 Å². The third-order valence-electron chi connectivity index (χ3n) is 6.19. The van der Waals surface area contributed by atoms with Crippen molar-refractivity contribution in [2.24, 2.45) is 7.05 Å². The highest BCUT2D eigenvalue weighted by Crippen LogP contribution is 2.28. The molecule has 36 heavy (non-hydrogen) atoms. The Morgan fingerprint density at radius 3 is 2.67 bits per heavy atom. The van der Waals surface area contributed by atoms with Crippen molar-refractivity contribution in [2.75, 3.05) is 38.2 Å².